The van der Waals surface area contributed by atoms with Crippen LogP contribution in [0.2, 0.25) is 0 Å². The summed E-state index contributed by atoms with van der Waals surface area (Å²) in [7, 11) is 0. The van der Waals surface area contributed by atoms with Crippen LogP contribution in [0, 0.1) is 23.2 Å². The van der Waals surface area contributed by atoms with Crippen molar-refractivity contribution in [2.75, 3.05) is 6.61 Å². The van der Waals surface area contributed by atoms with Gasteiger partial charge in [-0.15, -0.1) is 0 Å². The third kappa shape index (κ3) is 6.87. The molecule has 5 nitrogen and oxygen atoms in total. The number of ketones is 1. The van der Waals surface area contributed by atoms with E-state index in [1.807, 2.05) is 6.07 Å². The smallest absolute Gasteiger partial charge is 0.308 e. The molecule has 0 heterocycles. The maximum Gasteiger partial charge on any atom is 0.308 e. The number of esters is 2. The molecule has 0 bridgehead atoms. The summed E-state index contributed by atoms with van der Waals surface area (Å²) in [5.74, 6) is 2.96. The van der Waals surface area contributed by atoms with E-state index >= 15 is 0 Å². The molecule has 0 aromatic heterocycles. The molecule has 0 aliphatic heterocycles. The summed E-state index contributed by atoms with van der Waals surface area (Å²) in [4.78, 5) is 35.3. The van der Waals surface area contributed by atoms with E-state index in [0.29, 0.717) is 41.8 Å². The molecule has 3 aliphatic carbocycles. The predicted octanol–water partition coefficient (Wildman–Crippen LogP) is 7.73. The van der Waals surface area contributed by atoms with Gasteiger partial charge in [-0.25, -0.2) is 0 Å². The maximum atomic E-state index is 12.9. The topological polar surface area (TPSA) is 69.7 Å². The van der Waals surface area contributed by atoms with Crippen molar-refractivity contribution < 1.29 is 23.9 Å². The number of carbonyl (C=O) groups excluding carboxylic acids is 3. The minimum absolute atomic E-state index is 0.118. The lowest BCUT2D eigenvalue weighted by molar-refractivity contribution is -0.141. The normalized spacial score (nSPS) is 27.8. The first-order chi connectivity index (χ1) is 18.3. The number of rotatable bonds is 13. The second kappa shape index (κ2) is 13.3. The van der Waals surface area contributed by atoms with E-state index in [9.17, 15) is 14.4 Å². The van der Waals surface area contributed by atoms with Gasteiger partial charge in [0.15, 0.2) is 0 Å². The Bertz CT molecular complexity index is 984. The minimum atomic E-state index is -0.268. The zero-order valence-corrected chi connectivity index (χ0v) is 23.9. The van der Waals surface area contributed by atoms with Gasteiger partial charge in [-0.2, -0.15) is 0 Å². The van der Waals surface area contributed by atoms with E-state index in [1.54, 1.807) is 0 Å². The third-order valence-electron chi connectivity index (χ3n) is 9.87. The fourth-order valence-electron chi connectivity index (χ4n) is 8.01. The van der Waals surface area contributed by atoms with Crippen molar-refractivity contribution in [2.45, 2.75) is 123 Å². The Hall–Kier alpha value is -2.17. The van der Waals surface area contributed by atoms with Gasteiger partial charge in [0, 0.05) is 25.7 Å². The van der Waals surface area contributed by atoms with E-state index in [1.165, 1.54) is 76.3 Å². The van der Waals surface area contributed by atoms with E-state index in [2.05, 4.69) is 19.1 Å². The lowest BCUT2D eigenvalue weighted by Crippen LogP contribution is -2.46. The van der Waals surface area contributed by atoms with Crippen LogP contribution >= 0.6 is 0 Å². The summed E-state index contributed by atoms with van der Waals surface area (Å²) in [6, 6.07) is 6.28. The SMILES string of the molecule is CC(=O)OCCCCCCCCCCC[C@@H]1Cc2cc(OC(C)=O)ccc2[C@H]2CC[C@]3(C)C(=O)CC[C@H]3[C@H]12. The first kappa shape index (κ1) is 28.8. The highest BCUT2D eigenvalue weighted by Gasteiger charge is 2.56. The molecule has 210 valence electrons. The number of hydrogen-bond acceptors (Lipinski definition) is 5. The molecule has 2 fully saturated rings. The Balaban J connectivity index is 1.29. The summed E-state index contributed by atoms with van der Waals surface area (Å²) in [6.45, 7) is 5.75. The second-order valence-electron chi connectivity index (χ2n) is 12.4. The van der Waals surface area contributed by atoms with Crippen LogP contribution in [0.1, 0.15) is 128 Å². The van der Waals surface area contributed by atoms with Gasteiger partial charge >= 0.3 is 11.9 Å². The van der Waals surface area contributed by atoms with Crippen molar-refractivity contribution >= 4 is 17.7 Å². The molecule has 1 aromatic carbocycles. The molecular formula is C33H48O5. The summed E-state index contributed by atoms with van der Waals surface area (Å²) < 4.78 is 10.4. The van der Waals surface area contributed by atoms with Crippen molar-refractivity contribution in [2.24, 2.45) is 23.2 Å². The highest BCUT2D eigenvalue weighted by Crippen LogP contribution is 2.61. The monoisotopic (exact) mass is 524 g/mol. The van der Waals surface area contributed by atoms with E-state index in [-0.39, 0.29) is 17.4 Å². The number of Topliss-reactive ketones (excluding diaryl/α,β-unsaturated/α-hetero) is 1. The van der Waals surface area contributed by atoms with E-state index in [0.717, 1.165) is 44.9 Å². The number of ether oxygens (including phenoxy) is 2. The quantitative estimate of drug-likeness (QED) is 0.150. The molecular weight excluding hydrogens is 476 g/mol. The van der Waals surface area contributed by atoms with Crippen molar-refractivity contribution in [3.63, 3.8) is 0 Å². The van der Waals surface area contributed by atoms with Crippen molar-refractivity contribution in [3.8, 4) is 5.75 Å². The highest BCUT2D eigenvalue weighted by molar-refractivity contribution is 5.87. The molecule has 0 unspecified atom stereocenters. The van der Waals surface area contributed by atoms with Crippen LogP contribution in [0.3, 0.4) is 0 Å². The molecule has 5 atom stereocenters. The Morgan fingerprint density at radius 3 is 2.29 bits per heavy atom. The third-order valence-corrected chi connectivity index (χ3v) is 9.87. The van der Waals surface area contributed by atoms with E-state index < -0.39 is 0 Å². The molecule has 0 radical (unpaired) electrons. The second-order valence-corrected chi connectivity index (χ2v) is 12.4. The van der Waals surface area contributed by atoms with Gasteiger partial charge in [-0.1, -0.05) is 64.4 Å². The number of carbonyl (C=O) groups is 3. The number of hydrogen-bond donors (Lipinski definition) is 0. The van der Waals surface area contributed by atoms with Crippen LogP contribution in [0.15, 0.2) is 18.2 Å². The molecule has 0 saturated heterocycles. The lowest BCUT2D eigenvalue weighted by Gasteiger charge is -2.51. The Labute approximate surface area is 229 Å². The van der Waals surface area contributed by atoms with Crippen molar-refractivity contribution in [3.05, 3.63) is 29.3 Å². The van der Waals surface area contributed by atoms with Crippen LogP contribution < -0.4 is 4.74 Å². The molecule has 3 aliphatic rings. The first-order valence-electron chi connectivity index (χ1n) is 15.3. The van der Waals surface area contributed by atoms with Gasteiger partial charge < -0.3 is 9.47 Å². The maximum absolute atomic E-state index is 12.9. The zero-order chi connectivity index (χ0) is 27.1. The largest absolute Gasteiger partial charge is 0.466 e. The Kier molecular flexibility index (Phi) is 10.1. The summed E-state index contributed by atoms with van der Waals surface area (Å²) >= 11 is 0. The molecule has 1 aromatic rings. The summed E-state index contributed by atoms with van der Waals surface area (Å²) in [6.07, 6.45) is 17.2. The minimum Gasteiger partial charge on any atom is -0.466 e. The van der Waals surface area contributed by atoms with Crippen LogP contribution in [0.5, 0.6) is 5.75 Å². The van der Waals surface area contributed by atoms with Gasteiger partial charge in [-0.3, -0.25) is 14.4 Å². The fraction of sp³-hybridized carbons (Fsp3) is 0.727. The van der Waals surface area contributed by atoms with Crippen LogP contribution in [-0.2, 0) is 25.5 Å². The lowest BCUT2D eigenvalue weighted by atomic mass is 9.52. The van der Waals surface area contributed by atoms with Gasteiger partial charge in [-0.05, 0) is 85.5 Å². The summed E-state index contributed by atoms with van der Waals surface area (Å²) in [5, 5.41) is 0. The number of unbranched alkanes of at least 4 members (excludes halogenated alkanes) is 8. The van der Waals surface area contributed by atoms with E-state index in [4.69, 9.17) is 9.47 Å². The fourth-order valence-corrected chi connectivity index (χ4v) is 8.01. The zero-order valence-electron chi connectivity index (χ0n) is 23.9. The first-order valence-corrected chi connectivity index (χ1v) is 15.3. The molecule has 0 spiro atoms. The molecule has 0 amide bonds. The van der Waals surface area contributed by atoms with Gasteiger partial charge in [0.05, 0.1) is 6.61 Å². The number of fused-ring (bicyclic) bond motifs is 5. The molecule has 5 heteroatoms. The van der Waals surface area contributed by atoms with Crippen LogP contribution in [-0.4, -0.2) is 24.3 Å². The van der Waals surface area contributed by atoms with Gasteiger partial charge in [0.25, 0.3) is 0 Å². The predicted molar refractivity (Wildman–Crippen MR) is 149 cm³/mol. The van der Waals surface area contributed by atoms with Crippen molar-refractivity contribution in [1.82, 2.24) is 0 Å². The highest BCUT2D eigenvalue weighted by atomic mass is 16.5. The molecule has 2 saturated carbocycles. The average Bonchev–Trinajstić information content (AvgIpc) is 3.18. The number of benzene rings is 1. The Morgan fingerprint density at radius 2 is 1.61 bits per heavy atom. The van der Waals surface area contributed by atoms with Crippen molar-refractivity contribution in [1.29, 1.82) is 0 Å². The summed E-state index contributed by atoms with van der Waals surface area (Å²) in [5.41, 5.74) is 2.68. The average molecular weight is 525 g/mol. The molecule has 4 rings (SSSR count). The standard InChI is InChI=1S/C33H48O5/c1-23(34)37-20-12-10-8-6-4-5-7-9-11-13-25-21-26-22-27(38-24(2)35)14-15-28(26)29-18-19-33(3)30(32(25)29)16-17-31(33)36/h14-15,22,25,29-30,32H,4-13,16-21H2,1-3H3/t25-,29-,30+,32-,33+/m1/s1. The van der Waals surface area contributed by atoms with Crippen LogP contribution in [0.25, 0.3) is 0 Å². The van der Waals surface area contributed by atoms with Gasteiger partial charge in [0.2, 0.25) is 0 Å². The molecule has 0 N–H and O–H groups in total. The van der Waals surface area contributed by atoms with Crippen LogP contribution in [0.4, 0.5) is 0 Å². The molecule has 38 heavy (non-hydrogen) atoms. The van der Waals surface area contributed by atoms with Gasteiger partial charge in [0.1, 0.15) is 11.5 Å². The Morgan fingerprint density at radius 1 is 0.921 bits per heavy atom.